The van der Waals surface area contributed by atoms with Crippen molar-refractivity contribution >= 4 is 23.2 Å². The first-order valence-corrected chi connectivity index (χ1v) is 7.25. The van der Waals surface area contributed by atoms with Crippen LogP contribution in [0.1, 0.15) is 18.4 Å². The van der Waals surface area contributed by atoms with Gasteiger partial charge in [0, 0.05) is 5.56 Å². The van der Waals surface area contributed by atoms with Gasteiger partial charge in [0.2, 0.25) is 5.91 Å². The molecule has 1 amide bonds. The molecule has 0 spiro atoms. The minimum atomic E-state index is -0.494. The summed E-state index contributed by atoms with van der Waals surface area (Å²) in [5, 5.41) is 3.48. The fourth-order valence-electron chi connectivity index (χ4n) is 2.59. The summed E-state index contributed by atoms with van der Waals surface area (Å²) in [4.78, 5) is 12.7. The normalized spacial score (nSPS) is 15.3. The smallest absolute Gasteiger partial charge is 0.235 e. The van der Waals surface area contributed by atoms with Crippen LogP contribution < -0.4 is 10.1 Å². The third-order valence-electron chi connectivity index (χ3n) is 3.93. The molecule has 1 saturated carbocycles. The van der Waals surface area contributed by atoms with Crippen molar-refractivity contribution in [1.82, 2.24) is 0 Å². The topological polar surface area (TPSA) is 38.3 Å². The molecule has 0 atom stereocenters. The maximum absolute atomic E-state index is 12.7. The quantitative estimate of drug-likeness (QED) is 0.926. The molecule has 0 radical (unpaired) electrons. The number of carbonyl (C=O) groups is 1. The van der Waals surface area contributed by atoms with Gasteiger partial charge in [-0.1, -0.05) is 41.9 Å². The molecule has 2 aromatic rings. The number of hydrogen-bond donors (Lipinski definition) is 1. The van der Waals surface area contributed by atoms with Crippen molar-refractivity contribution in [2.45, 2.75) is 18.3 Å². The highest BCUT2D eigenvalue weighted by Gasteiger charge is 2.52. The van der Waals surface area contributed by atoms with Gasteiger partial charge in [-0.15, -0.1) is 0 Å². The van der Waals surface area contributed by atoms with E-state index < -0.39 is 5.41 Å². The molecule has 0 saturated heterocycles. The van der Waals surface area contributed by atoms with Crippen LogP contribution in [-0.2, 0) is 10.2 Å². The summed E-state index contributed by atoms with van der Waals surface area (Å²) in [6, 6.07) is 14.9. The van der Waals surface area contributed by atoms with Gasteiger partial charge in [-0.25, -0.2) is 0 Å². The van der Waals surface area contributed by atoms with E-state index in [1.165, 1.54) is 0 Å². The molecule has 1 N–H and O–H groups in total. The number of para-hydroxylation sites is 2. The molecule has 2 aromatic carbocycles. The van der Waals surface area contributed by atoms with Crippen molar-refractivity contribution in [3.8, 4) is 5.75 Å². The molecular formula is C17H16ClNO2. The zero-order valence-corrected chi connectivity index (χ0v) is 12.5. The number of benzene rings is 2. The molecular weight excluding hydrogens is 286 g/mol. The van der Waals surface area contributed by atoms with Crippen LogP contribution in [0.3, 0.4) is 0 Å². The van der Waals surface area contributed by atoms with Crippen molar-refractivity contribution in [2.75, 3.05) is 12.4 Å². The molecule has 1 aliphatic carbocycles. The third-order valence-corrected chi connectivity index (χ3v) is 4.26. The fraction of sp³-hybridized carbons (Fsp3) is 0.235. The van der Waals surface area contributed by atoms with Gasteiger partial charge >= 0.3 is 0 Å². The lowest BCUT2D eigenvalue weighted by Crippen LogP contribution is -2.28. The number of nitrogens with one attached hydrogen (secondary N) is 1. The Kier molecular flexibility index (Phi) is 3.60. The maximum Gasteiger partial charge on any atom is 0.235 e. The molecule has 3 rings (SSSR count). The summed E-state index contributed by atoms with van der Waals surface area (Å²) < 4.78 is 5.39. The third kappa shape index (κ3) is 2.49. The van der Waals surface area contributed by atoms with E-state index in [4.69, 9.17) is 16.3 Å². The number of halogens is 1. The van der Waals surface area contributed by atoms with Crippen molar-refractivity contribution in [3.05, 3.63) is 59.1 Å². The highest BCUT2D eigenvalue weighted by molar-refractivity contribution is 6.33. The molecule has 0 bridgehead atoms. The van der Waals surface area contributed by atoms with Crippen LogP contribution in [0.25, 0.3) is 0 Å². The van der Waals surface area contributed by atoms with E-state index in [-0.39, 0.29) is 5.91 Å². The summed E-state index contributed by atoms with van der Waals surface area (Å²) in [5.74, 6) is 0.726. The van der Waals surface area contributed by atoms with Crippen molar-refractivity contribution in [3.63, 3.8) is 0 Å². The zero-order valence-electron chi connectivity index (χ0n) is 11.7. The van der Waals surface area contributed by atoms with E-state index in [0.29, 0.717) is 10.7 Å². The monoisotopic (exact) mass is 301 g/mol. The van der Waals surface area contributed by atoms with Gasteiger partial charge in [-0.3, -0.25) is 4.79 Å². The molecule has 21 heavy (non-hydrogen) atoms. The first kappa shape index (κ1) is 14.0. The number of amides is 1. The predicted molar refractivity (Wildman–Crippen MR) is 84.0 cm³/mol. The van der Waals surface area contributed by atoms with Gasteiger partial charge in [0.25, 0.3) is 0 Å². The van der Waals surface area contributed by atoms with Crippen LogP contribution in [0.4, 0.5) is 5.69 Å². The van der Waals surface area contributed by atoms with Gasteiger partial charge in [-0.05, 0) is 31.0 Å². The van der Waals surface area contributed by atoms with Gasteiger partial charge in [0.05, 0.1) is 23.2 Å². The fourth-order valence-corrected chi connectivity index (χ4v) is 2.77. The number of ether oxygens (including phenoxy) is 1. The summed E-state index contributed by atoms with van der Waals surface area (Å²) >= 11 is 6.10. The first-order chi connectivity index (χ1) is 10.2. The van der Waals surface area contributed by atoms with E-state index in [1.807, 2.05) is 36.4 Å². The Balaban J connectivity index is 1.89. The minimum Gasteiger partial charge on any atom is -0.496 e. The Hall–Kier alpha value is -2.00. The minimum absolute atomic E-state index is 0.0277. The Bertz CT molecular complexity index is 680. The van der Waals surface area contributed by atoms with E-state index in [1.54, 1.807) is 19.2 Å². The van der Waals surface area contributed by atoms with Crippen LogP contribution in [0, 0.1) is 0 Å². The highest BCUT2D eigenvalue weighted by atomic mass is 35.5. The molecule has 108 valence electrons. The molecule has 3 nitrogen and oxygen atoms in total. The van der Waals surface area contributed by atoms with E-state index in [9.17, 15) is 4.79 Å². The van der Waals surface area contributed by atoms with Crippen LogP contribution in [0.5, 0.6) is 5.75 Å². The van der Waals surface area contributed by atoms with Crippen molar-refractivity contribution in [2.24, 2.45) is 0 Å². The number of anilines is 1. The molecule has 0 heterocycles. The van der Waals surface area contributed by atoms with Gasteiger partial charge in [0.1, 0.15) is 5.75 Å². The summed E-state index contributed by atoms with van der Waals surface area (Å²) in [6.07, 6.45) is 1.65. The summed E-state index contributed by atoms with van der Waals surface area (Å²) in [6.45, 7) is 0. The van der Waals surface area contributed by atoms with Crippen LogP contribution in [-0.4, -0.2) is 13.0 Å². The molecule has 1 aliphatic rings. The summed E-state index contributed by atoms with van der Waals surface area (Å²) in [7, 11) is 1.63. The number of carbonyl (C=O) groups excluding carboxylic acids is 1. The SMILES string of the molecule is COc1ccccc1C1(C(=O)Nc2ccccc2Cl)CC1. The standard InChI is InChI=1S/C17H16ClNO2/c1-21-15-9-5-2-6-12(15)17(10-11-17)16(20)19-14-8-4-3-7-13(14)18/h2-9H,10-11H2,1H3,(H,19,20). The molecule has 0 unspecified atom stereocenters. The second kappa shape index (κ2) is 5.41. The molecule has 1 fully saturated rings. The lowest BCUT2D eigenvalue weighted by Gasteiger charge is -2.19. The Morgan fingerprint density at radius 1 is 1.14 bits per heavy atom. The Morgan fingerprint density at radius 3 is 2.48 bits per heavy atom. The van der Waals surface area contributed by atoms with Gasteiger partial charge in [-0.2, -0.15) is 0 Å². The van der Waals surface area contributed by atoms with Crippen LogP contribution >= 0.6 is 11.6 Å². The molecule has 4 heteroatoms. The second-order valence-corrected chi connectivity index (χ2v) is 5.62. The number of methoxy groups -OCH3 is 1. The summed E-state index contributed by atoms with van der Waals surface area (Å²) in [5.41, 5.74) is 1.09. The predicted octanol–water partition coefficient (Wildman–Crippen LogP) is 4.02. The first-order valence-electron chi connectivity index (χ1n) is 6.87. The van der Waals surface area contributed by atoms with Crippen molar-refractivity contribution < 1.29 is 9.53 Å². The van der Waals surface area contributed by atoms with Crippen LogP contribution in [0.2, 0.25) is 5.02 Å². The van der Waals surface area contributed by atoms with Gasteiger partial charge in [0.15, 0.2) is 0 Å². The average molecular weight is 302 g/mol. The average Bonchev–Trinajstić information content (AvgIpc) is 3.31. The molecule has 0 aliphatic heterocycles. The lowest BCUT2D eigenvalue weighted by atomic mass is 9.94. The Morgan fingerprint density at radius 2 is 1.81 bits per heavy atom. The lowest BCUT2D eigenvalue weighted by molar-refractivity contribution is -0.118. The Labute approximate surface area is 128 Å². The maximum atomic E-state index is 12.7. The van der Waals surface area contributed by atoms with E-state index in [2.05, 4.69) is 5.32 Å². The zero-order chi connectivity index (χ0) is 14.9. The van der Waals surface area contributed by atoms with E-state index in [0.717, 1.165) is 24.2 Å². The van der Waals surface area contributed by atoms with Crippen LogP contribution in [0.15, 0.2) is 48.5 Å². The van der Waals surface area contributed by atoms with Crippen molar-refractivity contribution in [1.29, 1.82) is 0 Å². The molecule has 0 aromatic heterocycles. The number of rotatable bonds is 4. The van der Waals surface area contributed by atoms with E-state index >= 15 is 0 Å². The highest BCUT2D eigenvalue weighted by Crippen LogP contribution is 2.52. The van der Waals surface area contributed by atoms with Gasteiger partial charge < -0.3 is 10.1 Å². The largest absolute Gasteiger partial charge is 0.496 e. The second-order valence-electron chi connectivity index (χ2n) is 5.22. The number of hydrogen-bond acceptors (Lipinski definition) is 2.